The maximum absolute atomic E-state index is 13.0. The van der Waals surface area contributed by atoms with Crippen LogP contribution in [0.1, 0.15) is 47.0 Å². The van der Waals surface area contributed by atoms with Crippen molar-refractivity contribution in [1.82, 2.24) is 0 Å². The van der Waals surface area contributed by atoms with Gasteiger partial charge < -0.3 is 0 Å². The van der Waals surface area contributed by atoms with E-state index in [4.69, 9.17) is 0 Å². The minimum atomic E-state index is -4.06. The zero-order valence-electron chi connectivity index (χ0n) is 9.99. The Labute approximate surface area is 90.2 Å². The predicted octanol–water partition coefficient (Wildman–Crippen LogP) is 4.65. The highest BCUT2D eigenvalue weighted by Gasteiger charge is 2.57. The Morgan fingerprint density at radius 1 is 1.27 bits per heavy atom. The number of halogens is 3. The van der Waals surface area contributed by atoms with Crippen LogP contribution in [-0.4, -0.2) is 6.18 Å². The van der Waals surface area contributed by atoms with Crippen molar-refractivity contribution in [3.8, 4) is 0 Å². The Kier molecular flexibility index (Phi) is 3.42. The number of rotatable bonds is 1. The lowest BCUT2D eigenvalue weighted by molar-refractivity contribution is -0.252. The molecule has 0 amide bonds. The smallest absolute Gasteiger partial charge is 0.171 e. The van der Waals surface area contributed by atoms with E-state index in [2.05, 4.69) is 0 Å². The van der Waals surface area contributed by atoms with Gasteiger partial charge in [-0.05, 0) is 30.6 Å². The van der Waals surface area contributed by atoms with Gasteiger partial charge in [0.25, 0.3) is 0 Å². The monoisotopic (exact) mass is 222 g/mol. The highest BCUT2D eigenvalue weighted by atomic mass is 19.4. The minimum absolute atomic E-state index is 0.213. The second kappa shape index (κ2) is 3.99. The van der Waals surface area contributed by atoms with E-state index in [9.17, 15) is 13.2 Å². The highest BCUT2D eigenvalue weighted by Crippen LogP contribution is 2.55. The Hall–Kier alpha value is -0.210. The van der Waals surface area contributed by atoms with Crippen molar-refractivity contribution in [3.05, 3.63) is 0 Å². The Bertz CT molecular complexity index is 219. The van der Waals surface area contributed by atoms with Gasteiger partial charge in [0.15, 0.2) is 0 Å². The molecule has 0 heterocycles. The van der Waals surface area contributed by atoms with Crippen LogP contribution in [0.5, 0.6) is 0 Å². The van der Waals surface area contributed by atoms with Gasteiger partial charge in [-0.2, -0.15) is 13.2 Å². The lowest BCUT2D eigenvalue weighted by Gasteiger charge is -2.46. The zero-order valence-corrected chi connectivity index (χ0v) is 9.99. The number of hydrogen-bond acceptors (Lipinski definition) is 0. The summed E-state index contributed by atoms with van der Waals surface area (Å²) in [5.74, 6) is 0.304. The van der Waals surface area contributed by atoms with E-state index in [1.54, 1.807) is 6.92 Å². The third kappa shape index (κ3) is 2.16. The summed E-state index contributed by atoms with van der Waals surface area (Å²) < 4.78 is 39.0. The van der Waals surface area contributed by atoms with Crippen LogP contribution < -0.4 is 0 Å². The normalized spacial score (nSPS) is 38.4. The van der Waals surface area contributed by atoms with E-state index < -0.39 is 11.6 Å². The van der Waals surface area contributed by atoms with Gasteiger partial charge in [0, 0.05) is 0 Å². The summed E-state index contributed by atoms with van der Waals surface area (Å²) in [6, 6.07) is 0. The largest absolute Gasteiger partial charge is 0.394 e. The SMILES string of the molecule is CC(C)C1CCCC(C)(C(F)(F)F)C1C. The third-order valence-electron chi connectivity index (χ3n) is 4.38. The lowest BCUT2D eigenvalue weighted by atomic mass is 9.60. The fraction of sp³-hybridized carbons (Fsp3) is 1.00. The predicted molar refractivity (Wildman–Crippen MR) is 55.5 cm³/mol. The molecular formula is C12H21F3. The summed E-state index contributed by atoms with van der Waals surface area (Å²) in [5, 5.41) is 0. The maximum Gasteiger partial charge on any atom is 0.394 e. The molecule has 0 bridgehead atoms. The average Bonchev–Trinajstić information content (AvgIpc) is 2.07. The van der Waals surface area contributed by atoms with Crippen molar-refractivity contribution in [2.75, 3.05) is 0 Å². The first-order valence-corrected chi connectivity index (χ1v) is 5.77. The van der Waals surface area contributed by atoms with E-state index >= 15 is 0 Å². The van der Waals surface area contributed by atoms with Crippen LogP contribution in [0.2, 0.25) is 0 Å². The molecule has 3 unspecified atom stereocenters. The second-order valence-corrected chi connectivity index (χ2v) is 5.50. The van der Waals surface area contributed by atoms with Crippen LogP contribution in [0.3, 0.4) is 0 Å². The van der Waals surface area contributed by atoms with Crippen LogP contribution in [0.25, 0.3) is 0 Å². The van der Waals surface area contributed by atoms with E-state index in [0.29, 0.717) is 18.8 Å². The summed E-state index contributed by atoms with van der Waals surface area (Å²) in [7, 11) is 0. The molecule has 1 aliphatic carbocycles. The first-order valence-electron chi connectivity index (χ1n) is 5.77. The van der Waals surface area contributed by atoms with Crippen LogP contribution in [0, 0.1) is 23.2 Å². The number of hydrogen-bond donors (Lipinski definition) is 0. The molecule has 0 aromatic carbocycles. The molecular weight excluding hydrogens is 201 g/mol. The fourth-order valence-electron chi connectivity index (χ4n) is 2.97. The van der Waals surface area contributed by atoms with Gasteiger partial charge in [-0.25, -0.2) is 0 Å². The van der Waals surface area contributed by atoms with Gasteiger partial charge in [0.05, 0.1) is 5.41 Å². The van der Waals surface area contributed by atoms with Crippen molar-refractivity contribution in [2.45, 2.75) is 53.1 Å². The highest BCUT2D eigenvalue weighted by molar-refractivity contribution is 4.94. The third-order valence-corrected chi connectivity index (χ3v) is 4.38. The first-order chi connectivity index (χ1) is 6.70. The van der Waals surface area contributed by atoms with Crippen molar-refractivity contribution < 1.29 is 13.2 Å². The fourth-order valence-corrected chi connectivity index (χ4v) is 2.97. The molecule has 3 atom stereocenters. The second-order valence-electron chi connectivity index (χ2n) is 5.50. The molecule has 1 aliphatic rings. The van der Waals surface area contributed by atoms with Crippen LogP contribution in [-0.2, 0) is 0 Å². The van der Waals surface area contributed by atoms with Gasteiger partial charge in [0.1, 0.15) is 0 Å². The summed E-state index contributed by atoms with van der Waals surface area (Å²) in [5.41, 5.74) is -1.47. The average molecular weight is 222 g/mol. The molecule has 1 rings (SSSR count). The molecule has 0 aromatic rings. The van der Waals surface area contributed by atoms with E-state index in [-0.39, 0.29) is 11.8 Å². The maximum atomic E-state index is 13.0. The van der Waals surface area contributed by atoms with Crippen molar-refractivity contribution in [3.63, 3.8) is 0 Å². The summed E-state index contributed by atoms with van der Waals surface area (Å²) >= 11 is 0. The van der Waals surface area contributed by atoms with E-state index in [1.165, 1.54) is 6.92 Å². The van der Waals surface area contributed by atoms with Crippen molar-refractivity contribution in [2.24, 2.45) is 23.2 Å². The molecule has 1 saturated carbocycles. The standard InChI is InChI=1S/C12H21F3/c1-8(2)10-6-5-7-11(4,9(10)3)12(13,14)15/h8-10H,5-7H2,1-4H3. The van der Waals surface area contributed by atoms with Crippen LogP contribution in [0.4, 0.5) is 13.2 Å². The Balaban J connectivity index is 2.92. The van der Waals surface area contributed by atoms with E-state index in [0.717, 1.165) is 6.42 Å². The van der Waals surface area contributed by atoms with Gasteiger partial charge in [-0.3, -0.25) is 0 Å². The van der Waals surface area contributed by atoms with E-state index in [1.807, 2.05) is 13.8 Å². The first kappa shape index (κ1) is 12.9. The minimum Gasteiger partial charge on any atom is -0.171 e. The topological polar surface area (TPSA) is 0 Å². The number of alkyl halides is 3. The van der Waals surface area contributed by atoms with Crippen LogP contribution in [0.15, 0.2) is 0 Å². The summed E-state index contributed by atoms with van der Waals surface area (Å²) in [4.78, 5) is 0. The van der Waals surface area contributed by atoms with Gasteiger partial charge in [-0.15, -0.1) is 0 Å². The molecule has 0 saturated heterocycles. The molecule has 0 nitrogen and oxygen atoms in total. The van der Waals surface area contributed by atoms with Crippen molar-refractivity contribution in [1.29, 1.82) is 0 Å². The van der Waals surface area contributed by atoms with Gasteiger partial charge >= 0.3 is 6.18 Å². The van der Waals surface area contributed by atoms with Gasteiger partial charge in [0.2, 0.25) is 0 Å². The summed E-state index contributed by atoms with van der Waals surface area (Å²) in [6.45, 7) is 7.23. The Morgan fingerprint density at radius 3 is 2.20 bits per heavy atom. The molecule has 0 N–H and O–H groups in total. The zero-order chi connectivity index (χ0) is 11.9. The van der Waals surface area contributed by atoms with Crippen LogP contribution >= 0.6 is 0 Å². The molecule has 90 valence electrons. The van der Waals surface area contributed by atoms with Gasteiger partial charge in [-0.1, -0.05) is 34.1 Å². The summed E-state index contributed by atoms with van der Waals surface area (Å²) in [6.07, 6.45) is -2.10. The molecule has 0 radical (unpaired) electrons. The molecule has 0 spiro atoms. The quantitative estimate of drug-likeness (QED) is 0.606. The molecule has 0 aromatic heterocycles. The molecule has 3 heteroatoms. The molecule has 15 heavy (non-hydrogen) atoms. The Morgan fingerprint density at radius 2 is 1.80 bits per heavy atom. The van der Waals surface area contributed by atoms with Crippen molar-refractivity contribution >= 4 is 0 Å². The molecule has 0 aliphatic heterocycles. The lowest BCUT2D eigenvalue weighted by Crippen LogP contribution is -2.47. The molecule has 1 fully saturated rings.